The first-order valence-electron chi connectivity index (χ1n) is 12.1. The summed E-state index contributed by atoms with van der Waals surface area (Å²) in [5.41, 5.74) is 2.49. The van der Waals surface area contributed by atoms with Gasteiger partial charge in [0, 0.05) is 57.3 Å². The third-order valence-electron chi connectivity index (χ3n) is 6.20. The molecule has 200 valence electrons. The van der Waals surface area contributed by atoms with Gasteiger partial charge in [0.2, 0.25) is 11.9 Å². The average Bonchev–Trinajstić information content (AvgIpc) is 3.44. The highest BCUT2D eigenvalue weighted by Gasteiger charge is 2.32. The maximum absolute atomic E-state index is 13.3. The summed E-state index contributed by atoms with van der Waals surface area (Å²) in [5, 5.41) is 13.8. The van der Waals surface area contributed by atoms with Crippen molar-refractivity contribution < 1.29 is 18.4 Å². The normalized spacial score (nSPS) is 14.8. The van der Waals surface area contributed by atoms with Crippen molar-refractivity contribution in [2.75, 3.05) is 31.5 Å². The van der Waals surface area contributed by atoms with E-state index in [-0.39, 0.29) is 29.3 Å². The molecule has 1 fully saturated rings. The molecule has 4 aromatic rings. The van der Waals surface area contributed by atoms with Gasteiger partial charge < -0.3 is 4.90 Å². The number of rotatable bonds is 7. The van der Waals surface area contributed by atoms with Gasteiger partial charge in [0.25, 0.3) is 5.91 Å². The van der Waals surface area contributed by atoms with Crippen LogP contribution in [0.15, 0.2) is 61.1 Å². The largest absolute Gasteiger partial charge is 0.350 e. The Hall–Kier alpha value is -4.72. The topological polar surface area (TPSA) is 135 Å². The number of benzene rings is 1. The molecule has 0 aliphatic carbocycles. The zero-order chi connectivity index (χ0) is 27.4. The minimum absolute atomic E-state index is 0.169. The molecular formula is C25H24F2N10O2. The molecule has 1 N–H and O–H groups in total. The Bertz CT molecular complexity index is 1440. The second kappa shape index (κ2) is 11.3. The monoisotopic (exact) mass is 534 g/mol. The van der Waals surface area contributed by atoms with E-state index in [1.165, 1.54) is 6.92 Å². The molecule has 3 aromatic heterocycles. The van der Waals surface area contributed by atoms with E-state index < -0.39 is 12.6 Å². The molecule has 0 bridgehead atoms. The number of amides is 2. The molecule has 1 saturated heterocycles. The fourth-order valence-corrected chi connectivity index (χ4v) is 4.36. The van der Waals surface area contributed by atoms with Crippen molar-refractivity contribution in [3.63, 3.8) is 0 Å². The highest BCUT2D eigenvalue weighted by molar-refractivity contribution is 5.93. The van der Waals surface area contributed by atoms with Gasteiger partial charge in [-0.15, -0.1) is 10.2 Å². The van der Waals surface area contributed by atoms with E-state index >= 15 is 0 Å². The maximum atomic E-state index is 13.3. The van der Waals surface area contributed by atoms with Crippen LogP contribution in [0.25, 0.3) is 11.1 Å². The number of alkyl halides is 2. The molecule has 39 heavy (non-hydrogen) atoms. The quantitative estimate of drug-likeness (QED) is 0.379. The molecule has 1 aliphatic heterocycles. The van der Waals surface area contributed by atoms with Gasteiger partial charge in [0.1, 0.15) is 5.69 Å². The Morgan fingerprint density at radius 3 is 2.31 bits per heavy atom. The third kappa shape index (κ3) is 5.90. The summed E-state index contributed by atoms with van der Waals surface area (Å²) in [6.45, 7) is 0.201. The van der Waals surface area contributed by atoms with Gasteiger partial charge in [-0.3, -0.25) is 24.8 Å². The molecule has 0 saturated carbocycles. The Morgan fingerprint density at radius 1 is 0.949 bits per heavy atom. The lowest BCUT2D eigenvalue weighted by Crippen LogP contribution is -2.50. The van der Waals surface area contributed by atoms with Crippen LogP contribution in [0.3, 0.4) is 0 Å². The first kappa shape index (κ1) is 25.9. The zero-order valence-electron chi connectivity index (χ0n) is 20.9. The molecule has 1 unspecified atom stereocenters. The van der Waals surface area contributed by atoms with Crippen molar-refractivity contribution in [1.29, 1.82) is 0 Å². The minimum Gasteiger partial charge on any atom is -0.335 e. The number of tetrazole rings is 1. The average molecular weight is 535 g/mol. The van der Waals surface area contributed by atoms with Gasteiger partial charge >= 0.3 is 6.55 Å². The summed E-state index contributed by atoms with van der Waals surface area (Å²) in [4.78, 5) is 41.0. The molecule has 1 atom stereocenters. The van der Waals surface area contributed by atoms with Crippen LogP contribution in [0.1, 0.15) is 41.4 Å². The van der Waals surface area contributed by atoms with Gasteiger partial charge in [0.05, 0.1) is 6.04 Å². The summed E-state index contributed by atoms with van der Waals surface area (Å²) in [6.07, 6.45) is 4.66. The molecule has 1 aromatic carbocycles. The third-order valence-corrected chi connectivity index (χ3v) is 6.20. The first-order chi connectivity index (χ1) is 18.9. The van der Waals surface area contributed by atoms with E-state index in [1.807, 2.05) is 35.2 Å². The standard InChI is InChI=1S/C25H24F2N10O2/c1-16(38)31-25-29-14-19(15-30-25)18-7-8-28-20(13-18)23(39)36-11-9-35(10-12-36)21(17-5-3-2-4-6-17)22-32-34-37(33-22)24(26)27/h2-8,13-15,21,24H,9-12H2,1H3,(H,29,30,31,38). The number of piperazine rings is 1. The number of carbonyl (C=O) groups is 2. The minimum atomic E-state index is -2.89. The molecule has 14 heteroatoms. The number of nitrogens with zero attached hydrogens (tertiary/aromatic N) is 9. The number of carbonyl (C=O) groups excluding carboxylic acids is 2. The number of halogens is 2. The number of anilines is 1. The fourth-order valence-electron chi connectivity index (χ4n) is 4.36. The Morgan fingerprint density at radius 2 is 1.67 bits per heavy atom. The predicted molar refractivity (Wildman–Crippen MR) is 134 cm³/mol. The Balaban J connectivity index is 1.29. The van der Waals surface area contributed by atoms with Crippen molar-refractivity contribution in [2.45, 2.75) is 19.5 Å². The SMILES string of the molecule is CC(=O)Nc1ncc(-c2ccnc(C(=O)N3CCN(C(c4ccccc4)c4nnn(C(F)F)n4)CC3)c2)cn1. The lowest BCUT2D eigenvalue weighted by Gasteiger charge is -2.38. The van der Waals surface area contributed by atoms with Gasteiger partial charge in [-0.1, -0.05) is 35.1 Å². The van der Waals surface area contributed by atoms with Crippen LogP contribution in [0, 0.1) is 0 Å². The molecule has 0 spiro atoms. The number of hydrogen-bond acceptors (Lipinski definition) is 9. The summed E-state index contributed by atoms with van der Waals surface area (Å²) in [6, 6.07) is 12.3. The zero-order valence-corrected chi connectivity index (χ0v) is 20.9. The van der Waals surface area contributed by atoms with E-state index in [1.54, 1.807) is 35.6 Å². The van der Waals surface area contributed by atoms with E-state index in [9.17, 15) is 18.4 Å². The molecule has 12 nitrogen and oxygen atoms in total. The van der Waals surface area contributed by atoms with Crippen molar-refractivity contribution >= 4 is 17.8 Å². The van der Waals surface area contributed by atoms with E-state index in [2.05, 4.69) is 35.7 Å². The van der Waals surface area contributed by atoms with Crippen LogP contribution in [0.5, 0.6) is 0 Å². The van der Waals surface area contributed by atoms with Gasteiger partial charge in [0.15, 0.2) is 5.82 Å². The number of nitrogens with one attached hydrogen (secondary N) is 1. The molecule has 1 aliphatic rings. The summed E-state index contributed by atoms with van der Waals surface area (Å²) in [5.74, 6) is -0.145. The van der Waals surface area contributed by atoms with Gasteiger partial charge in [-0.05, 0) is 28.5 Å². The van der Waals surface area contributed by atoms with E-state index in [4.69, 9.17) is 0 Å². The fraction of sp³-hybridized carbons (Fsp3) is 0.280. The Labute approximate surface area is 221 Å². The molecular weight excluding hydrogens is 510 g/mol. The molecule has 5 rings (SSSR count). The lowest BCUT2D eigenvalue weighted by molar-refractivity contribution is -0.114. The van der Waals surface area contributed by atoms with E-state index in [0.29, 0.717) is 42.1 Å². The first-order valence-corrected chi connectivity index (χ1v) is 12.1. The van der Waals surface area contributed by atoms with Crippen molar-refractivity contribution in [3.8, 4) is 11.1 Å². The number of aromatic nitrogens is 7. The van der Waals surface area contributed by atoms with Crippen LogP contribution in [-0.2, 0) is 4.79 Å². The van der Waals surface area contributed by atoms with Crippen LogP contribution < -0.4 is 5.32 Å². The van der Waals surface area contributed by atoms with Gasteiger partial charge in [-0.2, -0.15) is 8.78 Å². The molecule has 4 heterocycles. The smallest absolute Gasteiger partial charge is 0.335 e. The van der Waals surface area contributed by atoms with Crippen LogP contribution in [0.2, 0.25) is 0 Å². The van der Waals surface area contributed by atoms with Crippen molar-refractivity contribution in [2.24, 2.45) is 0 Å². The summed E-state index contributed by atoms with van der Waals surface area (Å²) in [7, 11) is 0. The second-order valence-electron chi connectivity index (χ2n) is 8.79. The van der Waals surface area contributed by atoms with E-state index in [0.717, 1.165) is 5.56 Å². The lowest BCUT2D eigenvalue weighted by atomic mass is 10.0. The van der Waals surface area contributed by atoms with Crippen LogP contribution >= 0.6 is 0 Å². The second-order valence-corrected chi connectivity index (χ2v) is 8.79. The summed E-state index contributed by atoms with van der Waals surface area (Å²) < 4.78 is 26.2. The highest BCUT2D eigenvalue weighted by Crippen LogP contribution is 2.28. The summed E-state index contributed by atoms with van der Waals surface area (Å²) >= 11 is 0. The molecule has 0 radical (unpaired) electrons. The molecule has 2 amide bonds. The van der Waals surface area contributed by atoms with Gasteiger partial charge in [-0.25, -0.2) is 9.97 Å². The van der Waals surface area contributed by atoms with Crippen molar-refractivity contribution in [3.05, 3.63) is 78.1 Å². The van der Waals surface area contributed by atoms with Crippen LogP contribution in [0.4, 0.5) is 14.7 Å². The highest BCUT2D eigenvalue weighted by atomic mass is 19.3. The maximum Gasteiger partial charge on any atom is 0.350 e. The van der Waals surface area contributed by atoms with Crippen LogP contribution in [-0.4, -0.2) is 83.0 Å². The van der Waals surface area contributed by atoms with Crippen molar-refractivity contribution in [1.82, 2.24) is 45.0 Å². The predicted octanol–water partition coefficient (Wildman–Crippen LogP) is 2.43. The Kier molecular flexibility index (Phi) is 7.54. The number of hydrogen-bond donors (Lipinski definition) is 1. The number of pyridine rings is 1.